The average molecular weight is 290 g/mol. The smallest absolute Gasteiger partial charge is 0.339 e. The Bertz CT molecular complexity index is 651. The molecule has 0 atom stereocenters. The second kappa shape index (κ2) is 6.00. The van der Waals surface area contributed by atoms with Gasteiger partial charge < -0.3 is 24.8 Å². The zero-order chi connectivity index (χ0) is 15.4. The molecule has 2 aromatic rings. The minimum absolute atomic E-state index is 0.0335. The Balaban J connectivity index is 2.09. The summed E-state index contributed by atoms with van der Waals surface area (Å²) in [5, 5.41) is 21.2. The minimum atomic E-state index is -1.27. The van der Waals surface area contributed by atoms with Crippen molar-refractivity contribution in [3.8, 4) is 5.75 Å². The van der Waals surface area contributed by atoms with Crippen LogP contribution in [0.3, 0.4) is 0 Å². The van der Waals surface area contributed by atoms with Gasteiger partial charge in [0.05, 0.1) is 18.5 Å². The number of para-hydroxylation sites is 1. The number of hydrogen-bond donors (Lipinski definition) is 3. The van der Waals surface area contributed by atoms with Gasteiger partial charge in [0.1, 0.15) is 11.3 Å². The van der Waals surface area contributed by atoms with Crippen LogP contribution in [-0.4, -0.2) is 34.2 Å². The molecule has 1 heterocycles. The molecule has 7 heteroatoms. The molecule has 0 unspecified atom stereocenters. The third-order valence-electron chi connectivity index (χ3n) is 2.83. The maximum absolute atomic E-state index is 12.0. The van der Waals surface area contributed by atoms with Crippen molar-refractivity contribution >= 4 is 17.7 Å². The van der Waals surface area contributed by atoms with Crippen LogP contribution in [0.5, 0.6) is 5.75 Å². The number of furan rings is 1. The maximum atomic E-state index is 12.0. The van der Waals surface area contributed by atoms with E-state index in [1.54, 1.807) is 19.2 Å². The molecule has 21 heavy (non-hydrogen) atoms. The predicted molar refractivity (Wildman–Crippen MR) is 74.3 cm³/mol. The third kappa shape index (κ3) is 3.33. The van der Waals surface area contributed by atoms with Crippen LogP contribution in [0.2, 0.25) is 0 Å². The molecule has 2 rings (SSSR count). The van der Waals surface area contributed by atoms with Crippen LogP contribution < -0.4 is 5.32 Å². The first-order chi connectivity index (χ1) is 9.99. The summed E-state index contributed by atoms with van der Waals surface area (Å²) < 4.78 is 5.13. The lowest BCUT2D eigenvalue weighted by Gasteiger charge is -2.17. The van der Waals surface area contributed by atoms with Gasteiger partial charge in [-0.2, -0.15) is 0 Å². The highest BCUT2D eigenvalue weighted by Gasteiger charge is 2.16. The number of carboxylic acid groups (broad SMARTS) is 1. The fourth-order valence-electron chi connectivity index (χ4n) is 1.74. The quantitative estimate of drug-likeness (QED) is 0.750. The fraction of sp³-hybridized carbons (Fsp3) is 0.143. The Morgan fingerprint density at radius 1 is 1.29 bits per heavy atom. The predicted octanol–water partition coefficient (Wildman–Crippen LogP) is 2.35. The van der Waals surface area contributed by atoms with Gasteiger partial charge in [-0.05, 0) is 24.3 Å². The molecule has 7 nitrogen and oxygen atoms in total. The van der Waals surface area contributed by atoms with Crippen molar-refractivity contribution in [2.75, 3.05) is 12.4 Å². The molecule has 0 aliphatic rings. The van der Waals surface area contributed by atoms with Crippen molar-refractivity contribution < 1.29 is 24.2 Å². The topological polar surface area (TPSA) is 103 Å². The first-order valence-corrected chi connectivity index (χ1v) is 6.09. The second-order valence-corrected chi connectivity index (χ2v) is 4.37. The van der Waals surface area contributed by atoms with Crippen LogP contribution >= 0.6 is 0 Å². The monoisotopic (exact) mass is 290 g/mol. The number of benzene rings is 1. The van der Waals surface area contributed by atoms with E-state index in [0.717, 1.165) is 0 Å². The maximum Gasteiger partial charge on any atom is 0.339 e. The zero-order valence-corrected chi connectivity index (χ0v) is 11.2. The van der Waals surface area contributed by atoms with Gasteiger partial charge in [-0.3, -0.25) is 0 Å². The zero-order valence-electron chi connectivity index (χ0n) is 11.2. The summed E-state index contributed by atoms with van der Waals surface area (Å²) in [6, 6.07) is 7.05. The number of aromatic carboxylic acids is 1. The number of amides is 2. The summed E-state index contributed by atoms with van der Waals surface area (Å²) in [6.45, 7) is 0.248. The Kier molecular flexibility index (Phi) is 4.13. The number of phenols is 1. The van der Waals surface area contributed by atoms with E-state index in [4.69, 9.17) is 9.52 Å². The summed E-state index contributed by atoms with van der Waals surface area (Å²) in [5.74, 6) is -1.14. The van der Waals surface area contributed by atoms with Crippen LogP contribution in [0.15, 0.2) is 41.0 Å². The molecule has 0 saturated carbocycles. The van der Waals surface area contributed by atoms with Gasteiger partial charge in [-0.25, -0.2) is 9.59 Å². The average Bonchev–Trinajstić information content (AvgIpc) is 2.93. The number of urea groups is 1. The molecule has 0 bridgehead atoms. The SMILES string of the molecule is CN(Cc1ccco1)C(=O)Nc1cccc(C(=O)O)c1O. The summed E-state index contributed by atoms with van der Waals surface area (Å²) in [4.78, 5) is 24.2. The van der Waals surface area contributed by atoms with Crippen LogP contribution in [0.4, 0.5) is 10.5 Å². The van der Waals surface area contributed by atoms with Gasteiger partial charge >= 0.3 is 12.0 Å². The van der Waals surface area contributed by atoms with Crippen molar-refractivity contribution in [3.63, 3.8) is 0 Å². The van der Waals surface area contributed by atoms with Gasteiger partial charge in [0.2, 0.25) is 0 Å². The van der Waals surface area contributed by atoms with Crippen molar-refractivity contribution in [2.24, 2.45) is 0 Å². The van der Waals surface area contributed by atoms with Crippen LogP contribution in [-0.2, 0) is 6.54 Å². The molecule has 110 valence electrons. The molecule has 0 spiro atoms. The van der Waals surface area contributed by atoms with Crippen LogP contribution in [0.1, 0.15) is 16.1 Å². The normalized spacial score (nSPS) is 10.1. The summed E-state index contributed by atoms with van der Waals surface area (Å²) in [5.41, 5.74) is -0.243. The Labute approximate surface area is 120 Å². The molecule has 0 radical (unpaired) electrons. The fourth-order valence-corrected chi connectivity index (χ4v) is 1.74. The molecule has 0 saturated heterocycles. The molecule has 1 aromatic heterocycles. The third-order valence-corrected chi connectivity index (χ3v) is 2.83. The van der Waals surface area contributed by atoms with E-state index in [1.807, 2.05) is 0 Å². The highest BCUT2D eigenvalue weighted by molar-refractivity contribution is 5.97. The van der Waals surface area contributed by atoms with Gasteiger partial charge in [-0.1, -0.05) is 6.07 Å². The highest BCUT2D eigenvalue weighted by atomic mass is 16.4. The summed E-state index contributed by atoms with van der Waals surface area (Å²) in [7, 11) is 1.55. The van der Waals surface area contributed by atoms with E-state index in [9.17, 15) is 14.7 Å². The number of carboxylic acids is 1. The van der Waals surface area contributed by atoms with Crippen molar-refractivity contribution in [1.82, 2.24) is 4.90 Å². The highest BCUT2D eigenvalue weighted by Crippen LogP contribution is 2.27. The molecule has 0 fully saturated rings. The molecule has 3 N–H and O–H groups in total. The molecular weight excluding hydrogens is 276 g/mol. The molecule has 1 aromatic carbocycles. The van der Waals surface area contributed by atoms with E-state index in [-0.39, 0.29) is 17.8 Å². The Morgan fingerprint density at radius 3 is 2.67 bits per heavy atom. The molecule has 0 aliphatic heterocycles. The van der Waals surface area contributed by atoms with Crippen molar-refractivity contribution in [1.29, 1.82) is 0 Å². The van der Waals surface area contributed by atoms with E-state index in [2.05, 4.69) is 5.32 Å². The lowest BCUT2D eigenvalue weighted by Crippen LogP contribution is -2.30. The number of nitrogens with one attached hydrogen (secondary N) is 1. The van der Waals surface area contributed by atoms with Crippen molar-refractivity contribution in [2.45, 2.75) is 6.54 Å². The number of hydrogen-bond acceptors (Lipinski definition) is 4. The Morgan fingerprint density at radius 2 is 2.05 bits per heavy atom. The van der Waals surface area contributed by atoms with Gasteiger partial charge in [-0.15, -0.1) is 0 Å². The van der Waals surface area contributed by atoms with Gasteiger partial charge in [0, 0.05) is 7.05 Å². The lowest BCUT2D eigenvalue weighted by atomic mass is 10.1. The number of aromatic hydroxyl groups is 1. The van der Waals surface area contributed by atoms with E-state index in [0.29, 0.717) is 5.76 Å². The van der Waals surface area contributed by atoms with E-state index in [1.165, 1.54) is 29.4 Å². The molecular formula is C14H14N2O5. The van der Waals surface area contributed by atoms with Crippen LogP contribution in [0, 0.1) is 0 Å². The largest absolute Gasteiger partial charge is 0.505 e. The lowest BCUT2D eigenvalue weighted by molar-refractivity contribution is 0.0693. The number of anilines is 1. The number of rotatable bonds is 4. The number of nitrogens with zero attached hydrogens (tertiary/aromatic N) is 1. The van der Waals surface area contributed by atoms with E-state index < -0.39 is 17.7 Å². The van der Waals surface area contributed by atoms with Gasteiger partial charge in [0.25, 0.3) is 0 Å². The van der Waals surface area contributed by atoms with Crippen LogP contribution in [0.25, 0.3) is 0 Å². The van der Waals surface area contributed by atoms with E-state index >= 15 is 0 Å². The summed E-state index contributed by atoms with van der Waals surface area (Å²) in [6.07, 6.45) is 1.50. The molecule has 0 aliphatic carbocycles. The molecule has 2 amide bonds. The minimum Gasteiger partial charge on any atom is -0.505 e. The number of carbonyl (C=O) groups excluding carboxylic acids is 1. The first kappa shape index (κ1) is 14.4. The van der Waals surface area contributed by atoms with Crippen molar-refractivity contribution in [3.05, 3.63) is 47.9 Å². The number of carbonyl (C=O) groups is 2. The van der Waals surface area contributed by atoms with Gasteiger partial charge in [0.15, 0.2) is 5.75 Å². The first-order valence-electron chi connectivity index (χ1n) is 6.09. The summed E-state index contributed by atoms with van der Waals surface area (Å²) >= 11 is 0. The second-order valence-electron chi connectivity index (χ2n) is 4.37. The Hall–Kier alpha value is -2.96. The standard InChI is InChI=1S/C14H14N2O5/c1-16(8-9-4-3-7-21-9)14(20)15-11-6-2-5-10(12(11)17)13(18)19/h2-7,17H,8H2,1H3,(H,15,20)(H,18,19).